The van der Waals surface area contributed by atoms with Crippen LogP contribution < -0.4 is 0 Å². The molecular weight excluding hydrogens is 621 g/mol. The Labute approximate surface area is 286 Å². The first-order valence-electron chi connectivity index (χ1n) is 15.1. The third-order valence-electron chi connectivity index (χ3n) is 6.95. The van der Waals surface area contributed by atoms with Gasteiger partial charge in [0.15, 0.2) is 0 Å². The van der Waals surface area contributed by atoms with Gasteiger partial charge in [0.2, 0.25) is 0 Å². The lowest BCUT2D eigenvalue weighted by molar-refractivity contribution is -0.138. The van der Waals surface area contributed by atoms with E-state index in [-0.39, 0.29) is 0 Å². The lowest BCUT2D eigenvalue weighted by atomic mass is 10.0. The van der Waals surface area contributed by atoms with Crippen molar-refractivity contribution in [3.05, 3.63) is 155 Å². The molecule has 4 aromatic carbocycles. The number of carbonyl (C=O) groups excluding carboxylic acids is 2. The number of hydrogen-bond donors (Lipinski definition) is 0. The Bertz CT molecular complexity index is 1850. The molecule has 0 aromatic heterocycles. The van der Waals surface area contributed by atoms with Crippen LogP contribution in [0.1, 0.15) is 44.5 Å². The highest BCUT2D eigenvalue weighted by Crippen LogP contribution is 2.25. The summed E-state index contributed by atoms with van der Waals surface area (Å²) >= 11 is 3.44. The lowest BCUT2D eigenvalue weighted by Crippen LogP contribution is -2.04. The van der Waals surface area contributed by atoms with Crippen LogP contribution in [0.4, 0.5) is 0 Å². The quantitative estimate of drug-likeness (QED) is 0.0501. The molecule has 0 aliphatic carbocycles. The molecule has 4 rings (SSSR count). The Balaban J connectivity index is 1.26. The summed E-state index contributed by atoms with van der Waals surface area (Å²) in [5.41, 5.74) is 8.52. The maximum absolute atomic E-state index is 11.2. The highest BCUT2D eigenvalue weighted by molar-refractivity contribution is 7.99. The van der Waals surface area contributed by atoms with Crippen LogP contribution in [-0.4, -0.2) is 30.9 Å². The molecule has 0 heterocycles. The van der Waals surface area contributed by atoms with Crippen LogP contribution in [0.2, 0.25) is 0 Å². The molecule has 6 heteroatoms. The Morgan fingerprint density at radius 3 is 1.77 bits per heavy atom. The highest BCUT2D eigenvalue weighted by Gasteiger charge is 2.04. The van der Waals surface area contributed by atoms with Crippen LogP contribution in [0.15, 0.2) is 120 Å². The van der Waals surface area contributed by atoms with Crippen molar-refractivity contribution in [2.75, 3.05) is 19.0 Å². The first-order valence-corrected chi connectivity index (χ1v) is 17.1. The van der Waals surface area contributed by atoms with Crippen molar-refractivity contribution in [2.45, 2.75) is 35.8 Å². The molecular formula is C41H36O4S2. The molecule has 0 radical (unpaired) electrons. The van der Waals surface area contributed by atoms with Gasteiger partial charge in [-0.1, -0.05) is 61.1 Å². The summed E-state index contributed by atoms with van der Waals surface area (Å²) in [4.78, 5) is 24.6. The molecule has 47 heavy (non-hydrogen) atoms. The molecule has 0 saturated carbocycles. The summed E-state index contributed by atoms with van der Waals surface area (Å²) in [6.45, 7) is 11.7. The van der Waals surface area contributed by atoms with Crippen molar-refractivity contribution in [1.29, 1.82) is 0 Å². The Morgan fingerprint density at radius 2 is 1.17 bits per heavy atom. The zero-order valence-corrected chi connectivity index (χ0v) is 28.3. The van der Waals surface area contributed by atoms with Gasteiger partial charge in [-0.3, -0.25) is 0 Å². The van der Waals surface area contributed by atoms with E-state index in [0.717, 1.165) is 49.6 Å². The van der Waals surface area contributed by atoms with E-state index in [1.807, 2.05) is 30.3 Å². The SMILES string of the molecule is C=CC(=O)OCCSc1ccc(C#Cc2ccc(CSc3ccc(C#Cc4ccc(CCOC(=O)C=C)cc4)cc3)cc2C)c(C)c1. The van der Waals surface area contributed by atoms with Crippen LogP contribution >= 0.6 is 23.5 Å². The number of rotatable bonds is 12. The fourth-order valence-electron chi connectivity index (χ4n) is 4.35. The molecule has 0 unspecified atom stereocenters. The number of ether oxygens (including phenoxy) is 2. The smallest absolute Gasteiger partial charge is 0.330 e. The molecule has 4 nitrogen and oxygen atoms in total. The predicted molar refractivity (Wildman–Crippen MR) is 194 cm³/mol. The second-order valence-electron chi connectivity index (χ2n) is 10.5. The second kappa shape index (κ2) is 18.3. The summed E-state index contributed by atoms with van der Waals surface area (Å²) in [6, 6.07) is 29.0. The van der Waals surface area contributed by atoms with Gasteiger partial charge in [-0.2, -0.15) is 0 Å². The minimum Gasteiger partial charge on any atom is -0.462 e. The highest BCUT2D eigenvalue weighted by atomic mass is 32.2. The maximum Gasteiger partial charge on any atom is 0.330 e. The number of aryl methyl sites for hydroxylation is 2. The molecule has 4 aromatic rings. The van der Waals surface area contributed by atoms with Gasteiger partial charge in [-0.15, -0.1) is 23.5 Å². The molecule has 0 bridgehead atoms. The zero-order chi connectivity index (χ0) is 33.4. The average Bonchev–Trinajstić information content (AvgIpc) is 3.09. The minimum absolute atomic E-state index is 0.331. The summed E-state index contributed by atoms with van der Waals surface area (Å²) in [5, 5.41) is 0. The van der Waals surface area contributed by atoms with Gasteiger partial charge in [0.1, 0.15) is 6.61 Å². The number of benzene rings is 4. The van der Waals surface area contributed by atoms with Crippen LogP contribution in [0.3, 0.4) is 0 Å². The van der Waals surface area contributed by atoms with E-state index in [4.69, 9.17) is 9.47 Å². The predicted octanol–water partition coefficient (Wildman–Crippen LogP) is 8.49. The van der Waals surface area contributed by atoms with Crippen LogP contribution in [0.5, 0.6) is 0 Å². The first kappa shape index (κ1) is 35.0. The third-order valence-corrected chi connectivity index (χ3v) is 8.99. The summed E-state index contributed by atoms with van der Waals surface area (Å²) < 4.78 is 10.1. The molecule has 0 aliphatic heterocycles. The van der Waals surface area contributed by atoms with Gasteiger partial charge in [0.05, 0.1) is 6.61 Å². The van der Waals surface area contributed by atoms with Gasteiger partial charge >= 0.3 is 11.9 Å². The topological polar surface area (TPSA) is 52.6 Å². The van der Waals surface area contributed by atoms with E-state index < -0.39 is 11.9 Å². The van der Waals surface area contributed by atoms with Crippen molar-refractivity contribution in [1.82, 2.24) is 0 Å². The normalized spacial score (nSPS) is 10.1. The minimum atomic E-state index is -0.405. The average molecular weight is 657 g/mol. The van der Waals surface area contributed by atoms with Crippen LogP contribution in [0, 0.1) is 37.5 Å². The molecule has 0 N–H and O–H groups in total. The summed E-state index contributed by atoms with van der Waals surface area (Å²) in [5.74, 6) is 13.9. The monoisotopic (exact) mass is 656 g/mol. The van der Waals surface area contributed by atoms with Crippen LogP contribution in [0.25, 0.3) is 0 Å². The van der Waals surface area contributed by atoms with Crippen molar-refractivity contribution in [3.8, 4) is 23.7 Å². The van der Waals surface area contributed by atoms with E-state index >= 15 is 0 Å². The van der Waals surface area contributed by atoms with Gasteiger partial charge < -0.3 is 9.47 Å². The van der Waals surface area contributed by atoms with E-state index in [0.29, 0.717) is 25.4 Å². The van der Waals surface area contributed by atoms with E-state index in [1.54, 1.807) is 23.5 Å². The van der Waals surface area contributed by atoms with Crippen molar-refractivity contribution in [2.24, 2.45) is 0 Å². The van der Waals surface area contributed by atoms with Crippen LogP contribution in [-0.2, 0) is 31.2 Å². The fraction of sp³-hybridized carbons (Fsp3) is 0.171. The van der Waals surface area contributed by atoms with Crippen molar-refractivity contribution < 1.29 is 19.1 Å². The lowest BCUT2D eigenvalue weighted by Gasteiger charge is -2.06. The molecule has 0 atom stereocenters. The summed E-state index contributed by atoms with van der Waals surface area (Å²) in [7, 11) is 0. The molecule has 0 saturated heterocycles. The molecule has 0 amide bonds. The molecule has 0 spiro atoms. The number of hydrogen-bond acceptors (Lipinski definition) is 6. The number of esters is 2. The van der Waals surface area contributed by atoms with Gasteiger partial charge in [-0.25, -0.2) is 9.59 Å². The van der Waals surface area contributed by atoms with E-state index in [2.05, 4.69) is 105 Å². The van der Waals surface area contributed by atoms with Gasteiger partial charge in [0.25, 0.3) is 0 Å². The Morgan fingerprint density at radius 1 is 0.638 bits per heavy atom. The van der Waals surface area contributed by atoms with E-state index in [1.165, 1.54) is 22.6 Å². The maximum atomic E-state index is 11.2. The molecule has 0 aliphatic rings. The number of carbonyl (C=O) groups is 2. The largest absolute Gasteiger partial charge is 0.462 e. The van der Waals surface area contributed by atoms with Crippen molar-refractivity contribution in [3.63, 3.8) is 0 Å². The summed E-state index contributed by atoms with van der Waals surface area (Å²) in [6.07, 6.45) is 3.00. The van der Waals surface area contributed by atoms with E-state index in [9.17, 15) is 9.59 Å². The van der Waals surface area contributed by atoms with Crippen molar-refractivity contribution >= 4 is 35.5 Å². The number of thioether (sulfide) groups is 2. The standard InChI is InChI=1S/C41H36O4S2/c1-5-40(42)44-24-23-34-11-9-32(10-12-34)7-8-33-14-20-38(21-15-33)47-29-35-13-16-36(30(3)27-35)17-18-37-19-22-39(28-31(37)4)46-26-25-45-41(43)6-2/h5-6,9-16,19-22,27-28H,1-2,23-26,29H2,3-4H3. The fourth-order valence-corrected chi connectivity index (χ4v) is 6.01. The van der Waals surface area contributed by atoms with Gasteiger partial charge in [0, 0.05) is 62.1 Å². The second-order valence-corrected chi connectivity index (χ2v) is 12.7. The first-order chi connectivity index (χ1) is 22.8. The molecule has 236 valence electrons. The Kier molecular flexibility index (Phi) is 13.6. The Hall–Kier alpha value is -4.88. The third kappa shape index (κ3) is 11.8. The van der Waals surface area contributed by atoms with Gasteiger partial charge in [-0.05, 0) is 96.8 Å². The zero-order valence-electron chi connectivity index (χ0n) is 26.6. The molecule has 0 fully saturated rings.